The molecule has 88 valence electrons. The van der Waals surface area contributed by atoms with E-state index in [4.69, 9.17) is 9.47 Å². The van der Waals surface area contributed by atoms with Gasteiger partial charge in [0.1, 0.15) is 19.2 Å². The van der Waals surface area contributed by atoms with E-state index in [1.54, 1.807) is 0 Å². The second kappa shape index (κ2) is 3.88. The predicted molar refractivity (Wildman–Crippen MR) is 67.0 cm³/mol. The summed E-state index contributed by atoms with van der Waals surface area (Å²) < 4.78 is 11.4. The minimum atomic E-state index is -0.308. The van der Waals surface area contributed by atoms with Crippen molar-refractivity contribution in [2.24, 2.45) is 0 Å². The van der Waals surface area contributed by atoms with Gasteiger partial charge in [-0.15, -0.1) is 0 Å². The number of carbonyl (C=O) groups is 1. The minimum Gasteiger partial charge on any atom is -0.486 e. The molecule has 3 rings (SSSR count). The normalized spacial score (nSPS) is 22.0. The quantitative estimate of drug-likeness (QED) is 0.607. The Bertz CT molecular complexity index is 464. The van der Waals surface area contributed by atoms with Gasteiger partial charge in [-0.3, -0.25) is 4.79 Å². The number of ether oxygens (including phenoxy) is 2. The lowest BCUT2D eigenvalue weighted by Gasteiger charge is -2.40. The van der Waals surface area contributed by atoms with Gasteiger partial charge in [-0.05, 0) is 6.07 Å². The van der Waals surface area contributed by atoms with Gasteiger partial charge in [0, 0.05) is 12.8 Å². The van der Waals surface area contributed by atoms with Crippen molar-refractivity contribution in [3.63, 3.8) is 0 Å². The smallest absolute Gasteiger partial charge is 0.170 e. The summed E-state index contributed by atoms with van der Waals surface area (Å²) in [5.41, 5.74) is 1.53. The first-order valence-corrected chi connectivity index (χ1v) is 6.09. The maximum absolute atomic E-state index is 12.2. The fraction of sp³-hybridized carbons (Fsp3) is 0.462. The molecule has 3 nitrogen and oxygen atoms in total. The van der Waals surface area contributed by atoms with Crippen LogP contribution in [0.25, 0.3) is 0 Å². The van der Waals surface area contributed by atoms with E-state index in [-0.39, 0.29) is 11.4 Å². The van der Waals surface area contributed by atoms with Crippen molar-refractivity contribution in [1.82, 2.24) is 0 Å². The summed E-state index contributed by atoms with van der Waals surface area (Å²) >= 11 is 0. The maximum Gasteiger partial charge on any atom is 0.170 e. The molecule has 0 saturated carbocycles. The van der Waals surface area contributed by atoms with Crippen molar-refractivity contribution in [2.75, 3.05) is 13.2 Å². The van der Waals surface area contributed by atoms with E-state index < -0.39 is 0 Å². The molecule has 0 unspecified atom stereocenters. The molecule has 1 aromatic rings. The number of carbonyl (C=O) groups excluding carboxylic acids is 1. The fourth-order valence-corrected chi connectivity index (χ4v) is 2.63. The Kier molecular flexibility index (Phi) is 2.47. The fourth-order valence-electron chi connectivity index (χ4n) is 2.63. The highest BCUT2D eigenvalue weighted by molar-refractivity contribution is 6.32. The minimum absolute atomic E-state index is 0.205. The van der Waals surface area contributed by atoms with Crippen LogP contribution in [0.2, 0.25) is 0 Å². The van der Waals surface area contributed by atoms with Crippen LogP contribution in [-0.2, 0) is 4.74 Å². The third kappa shape index (κ3) is 1.87. The molecule has 0 amide bonds. The molecule has 0 N–H and O–H groups in total. The van der Waals surface area contributed by atoms with Crippen molar-refractivity contribution in [3.05, 3.63) is 23.8 Å². The number of Topliss-reactive ketones (excluding diaryl/α,β-unsaturated/α-hetero) is 1. The second-order valence-corrected chi connectivity index (χ2v) is 5.00. The van der Waals surface area contributed by atoms with Crippen LogP contribution in [-0.4, -0.2) is 32.4 Å². The first-order valence-electron chi connectivity index (χ1n) is 6.09. The predicted octanol–water partition coefficient (Wildman–Crippen LogP) is 0.459. The van der Waals surface area contributed by atoms with Gasteiger partial charge in [-0.1, -0.05) is 17.6 Å². The summed E-state index contributed by atoms with van der Waals surface area (Å²) in [5.74, 6) is 0.950. The molecule has 2 heterocycles. The Morgan fingerprint density at radius 3 is 2.76 bits per heavy atom. The maximum atomic E-state index is 12.2. The Labute approximate surface area is 102 Å². The van der Waals surface area contributed by atoms with Crippen molar-refractivity contribution in [3.8, 4) is 5.75 Å². The van der Waals surface area contributed by atoms with Crippen molar-refractivity contribution < 1.29 is 14.3 Å². The summed E-state index contributed by atoms with van der Waals surface area (Å²) in [6.07, 6.45) is 2.12. The summed E-state index contributed by atoms with van der Waals surface area (Å²) in [6, 6.07) is 5.83. The van der Waals surface area contributed by atoms with Crippen LogP contribution in [0.1, 0.15) is 29.6 Å². The largest absolute Gasteiger partial charge is 0.486 e. The van der Waals surface area contributed by atoms with Crippen LogP contribution in [0.4, 0.5) is 0 Å². The summed E-state index contributed by atoms with van der Waals surface area (Å²) in [5, 5.41) is 0. The number of hydrogen-bond acceptors (Lipinski definition) is 3. The van der Waals surface area contributed by atoms with Crippen LogP contribution in [0.3, 0.4) is 0 Å². The van der Waals surface area contributed by atoms with Gasteiger partial charge < -0.3 is 9.47 Å². The molecule has 0 radical (unpaired) electrons. The molecular weight excluding hydrogens is 215 g/mol. The lowest BCUT2D eigenvalue weighted by molar-refractivity contribution is -0.0504. The van der Waals surface area contributed by atoms with Crippen LogP contribution in [0.5, 0.6) is 5.75 Å². The van der Waals surface area contributed by atoms with Gasteiger partial charge in [0.2, 0.25) is 0 Å². The van der Waals surface area contributed by atoms with E-state index in [1.807, 2.05) is 26.0 Å². The van der Waals surface area contributed by atoms with Gasteiger partial charge in [-0.2, -0.15) is 0 Å². The van der Waals surface area contributed by atoms with Crippen LogP contribution in [0.15, 0.2) is 18.2 Å². The lowest BCUT2D eigenvalue weighted by Crippen LogP contribution is -2.46. The molecule has 0 aromatic heterocycles. The third-order valence-corrected chi connectivity index (χ3v) is 3.65. The topological polar surface area (TPSA) is 35.5 Å². The zero-order valence-electron chi connectivity index (χ0n) is 9.99. The van der Waals surface area contributed by atoms with E-state index >= 15 is 0 Å². The van der Waals surface area contributed by atoms with E-state index in [0.29, 0.717) is 19.6 Å². The molecule has 17 heavy (non-hydrogen) atoms. The summed E-state index contributed by atoms with van der Waals surface area (Å²) in [6.45, 7) is 1.38. The summed E-state index contributed by atoms with van der Waals surface area (Å²) in [4.78, 5) is 12.2. The van der Waals surface area contributed by atoms with E-state index in [9.17, 15) is 4.79 Å². The van der Waals surface area contributed by atoms with Crippen molar-refractivity contribution in [2.45, 2.75) is 24.9 Å². The van der Waals surface area contributed by atoms with Gasteiger partial charge in [0.15, 0.2) is 5.78 Å². The molecule has 1 aromatic carbocycles. The standard InChI is InChI=1S/C13H15BO3/c14-9-1-2-12-10(7-9)11(15)8-13(17-12)3-5-16-6-4-13/h1-2,7H,3-6,8,14H2. The average Bonchev–Trinajstić information content (AvgIpc) is 2.31. The Morgan fingerprint density at radius 2 is 2.00 bits per heavy atom. The molecule has 4 heteroatoms. The second-order valence-electron chi connectivity index (χ2n) is 5.00. The molecule has 0 bridgehead atoms. The molecule has 2 aliphatic rings. The Morgan fingerprint density at radius 1 is 1.24 bits per heavy atom. The number of fused-ring (bicyclic) bond motifs is 1. The first-order chi connectivity index (χ1) is 8.19. The monoisotopic (exact) mass is 230 g/mol. The lowest BCUT2D eigenvalue weighted by atomic mass is 9.82. The molecule has 1 spiro atoms. The van der Waals surface area contributed by atoms with Gasteiger partial charge in [0.25, 0.3) is 0 Å². The highest BCUT2D eigenvalue weighted by atomic mass is 16.5. The van der Waals surface area contributed by atoms with Gasteiger partial charge in [0.05, 0.1) is 25.2 Å². The zero-order chi connectivity index (χ0) is 11.9. The molecule has 1 saturated heterocycles. The highest BCUT2D eigenvalue weighted by Crippen LogP contribution is 2.38. The zero-order valence-corrected chi connectivity index (χ0v) is 9.99. The third-order valence-electron chi connectivity index (χ3n) is 3.65. The Hall–Kier alpha value is -1.29. The molecule has 0 atom stereocenters. The summed E-state index contributed by atoms with van der Waals surface area (Å²) in [7, 11) is 1.99. The van der Waals surface area contributed by atoms with Gasteiger partial charge in [-0.25, -0.2) is 0 Å². The van der Waals surface area contributed by atoms with Crippen LogP contribution >= 0.6 is 0 Å². The Balaban J connectivity index is 1.97. The number of rotatable bonds is 0. The molecule has 2 aliphatic heterocycles. The van der Waals surface area contributed by atoms with Crippen molar-refractivity contribution in [1.29, 1.82) is 0 Å². The van der Waals surface area contributed by atoms with E-state index in [1.165, 1.54) is 0 Å². The number of ketones is 1. The van der Waals surface area contributed by atoms with Gasteiger partial charge >= 0.3 is 0 Å². The number of hydrogen-bond donors (Lipinski definition) is 0. The number of benzene rings is 1. The van der Waals surface area contributed by atoms with Crippen LogP contribution < -0.4 is 10.2 Å². The molecule has 0 aliphatic carbocycles. The first kappa shape index (κ1) is 10.8. The van der Waals surface area contributed by atoms with E-state index in [0.717, 1.165) is 29.6 Å². The highest BCUT2D eigenvalue weighted by Gasteiger charge is 2.41. The van der Waals surface area contributed by atoms with E-state index in [2.05, 4.69) is 0 Å². The molecule has 1 fully saturated rings. The van der Waals surface area contributed by atoms with Crippen LogP contribution in [0, 0.1) is 0 Å². The molecular formula is C13H15BO3. The SMILES string of the molecule is Bc1ccc2c(c1)C(=O)CC1(CCOCC1)O2. The van der Waals surface area contributed by atoms with Crippen molar-refractivity contribution >= 4 is 19.1 Å². The average molecular weight is 230 g/mol.